The summed E-state index contributed by atoms with van der Waals surface area (Å²) in [5, 5.41) is 18.6. The van der Waals surface area contributed by atoms with Gasteiger partial charge in [-0.2, -0.15) is 5.26 Å². The average Bonchev–Trinajstić information content (AvgIpc) is 2.27. The van der Waals surface area contributed by atoms with Crippen LogP contribution in [-0.4, -0.2) is 11.7 Å². The first-order chi connectivity index (χ1) is 7.48. The monoisotopic (exact) mass is 349 g/mol. The molecule has 1 aromatic rings. The highest BCUT2D eigenvalue weighted by Gasteiger charge is 2.29. The van der Waals surface area contributed by atoms with Crippen LogP contribution < -0.4 is 0 Å². The Kier molecular flexibility index (Phi) is 4.48. The summed E-state index contributed by atoms with van der Waals surface area (Å²) < 4.78 is 14.2. The largest absolute Gasteiger partial charge is 0.394 e. The van der Waals surface area contributed by atoms with E-state index in [1.165, 1.54) is 6.07 Å². The summed E-state index contributed by atoms with van der Waals surface area (Å²) in [5.74, 6) is -0.392. The van der Waals surface area contributed by atoms with E-state index in [-0.39, 0.29) is 6.61 Å². The van der Waals surface area contributed by atoms with Gasteiger partial charge < -0.3 is 5.11 Å². The summed E-state index contributed by atoms with van der Waals surface area (Å²) in [7, 11) is 0. The van der Waals surface area contributed by atoms with Crippen molar-refractivity contribution in [1.29, 1.82) is 5.26 Å². The molecule has 16 heavy (non-hydrogen) atoms. The van der Waals surface area contributed by atoms with Crippen molar-refractivity contribution in [1.82, 2.24) is 0 Å². The predicted molar refractivity (Wildman–Crippen MR) is 66.8 cm³/mol. The molecule has 1 aromatic carbocycles. The van der Waals surface area contributed by atoms with Crippen LogP contribution in [0, 0.1) is 17.1 Å². The smallest absolute Gasteiger partial charge is 0.128 e. The first-order valence-electron chi connectivity index (χ1n) is 4.55. The van der Waals surface area contributed by atoms with Gasteiger partial charge in [0.2, 0.25) is 0 Å². The third-order valence-corrected chi connectivity index (χ3v) is 3.47. The Morgan fingerprint density at radius 2 is 2.19 bits per heavy atom. The molecule has 5 heteroatoms. The molecular weight excluding hydrogens is 341 g/mol. The summed E-state index contributed by atoms with van der Waals surface area (Å²) in [6, 6.07) is 5.02. The van der Waals surface area contributed by atoms with Crippen molar-refractivity contribution in [3.05, 3.63) is 33.5 Å². The van der Waals surface area contributed by atoms with Gasteiger partial charge in [0.05, 0.1) is 12.7 Å². The van der Waals surface area contributed by atoms with Crippen molar-refractivity contribution in [3.63, 3.8) is 0 Å². The fraction of sp³-hybridized carbons (Fsp3) is 0.364. The molecule has 0 amide bonds. The van der Waals surface area contributed by atoms with Gasteiger partial charge in [-0.25, -0.2) is 4.39 Å². The third-order valence-electron chi connectivity index (χ3n) is 2.45. The number of hydrogen-bond acceptors (Lipinski definition) is 2. The Balaban J connectivity index is 3.49. The Labute approximate surface area is 110 Å². The minimum absolute atomic E-state index is 0.304. The lowest BCUT2D eigenvalue weighted by molar-refractivity contribution is 0.239. The molecule has 2 nitrogen and oxygen atoms in total. The molecule has 1 rings (SSSR count). The van der Waals surface area contributed by atoms with Crippen molar-refractivity contribution in [3.8, 4) is 6.07 Å². The quantitative estimate of drug-likeness (QED) is 0.850. The number of aliphatic hydroxyl groups excluding tert-OH is 1. The van der Waals surface area contributed by atoms with E-state index in [1.54, 1.807) is 13.0 Å². The number of nitrogens with zero attached hydrogens (tertiary/aromatic N) is 1. The van der Waals surface area contributed by atoms with Gasteiger partial charge in [0, 0.05) is 15.4 Å². The van der Waals surface area contributed by atoms with Crippen LogP contribution >= 0.6 is 31.9 Å². The molecule has 0 saturated carbocycles. The highest BCUT2D eigenvalue weighted by Crippen LogP contribution is 2.32. The minimum atomic E-state index is -1.09. The first kappa shape index (κ1) is 13.6. The van der Waals surface area contributed by atoms with E-state index in [4.69, 9.17) is 5.26 Å². The average molecular weight is 351 g/mol. The van der Waals surface area contributed by atoms with Gasteiger partial charge in [-0.3, -0.25) is 0 Å². The zero-order chi connectivity index (χ0) is 12.3. The number of alkyl halides is 1. The molecule has 1 N–H and O–H groups in total. The van der Waals surface area contributed by atoms with E-state index < -0.39 is 11.2 Å². The second-order valence-corrected chi connectivity index (χ2v) is 5.13. The Morgan fingerprint density at radius 1 is 1.56 bits per heavy atom. The zero-order valence-electron chi connectivity index (χ0n) is 8.60. The second kappa shape index (κ2) is 5.26. The number of nitriles is 1. The molecule has 0 saturated heterocycles. The van der Waals surface area contributed by atoms with Gasteiger partial charge in [0.25, 0.3) is 0 Å². The number of benzene rings is 1. The predicted octanol–water partition coefficient (Wildman–Crippen LogP) is 3.26. The van der Waals surface area contributed by atoms with Gasteiger partial charge in [-0.15, -0.1) is 0 Å². The van der Waals surface area contributed by atoms with Gasteiger partial charge in [-0.05, 0) is 24.6 Å². The molecule has 86 valence electrons. The fourth-order valence-corrected chi connectivity index (χ4v) is 2.41. The van der Waals surface area contributed by atoms with Gasteiger partial charge in [0.1, 0.15) is 11.2 Å². The number of aliphatic hydroxyl groups is 1. The standard InChI is InChI=1S/C11H10Br2FNO/c1-11(5-15,6-16)9-2-7(13)3-10(14)8(9)4-12/h2-3,16H,4,6H2,1H3. The fourth-order valence-electron chi connectivity index (χ4n) is 1.41. The maximum atomic E-state index is 13.7. The molecule has 0 spiro atoms. The number of halogens is 3. The van der Waals surface area contributed by atoms with E-state index in [1.807, 2.05) is 6.07 Å². The van der Waals surface area contributed by atoms with Crippen LogP contribution in [-0.2, 0) is 10.7 Å². The topological polar surface area (TPSA) is 44.0 Å². The van der Waals surface area contributed by atoms with E-state index in [9.17, 15) is 9.50 Å². The highest BCUT2D eigenvalue weighted by atomic mass is 79.9. The summed E-state index contributed by atoms with van der Waals surface area (Å²) in [5.41, 5.74) is -0.184. The molecule has 0 fully saturated rings. The normalized spacial score (nSPS) is 14.2. The maximum absolute atomic E-state index is 13.7. The molecule has 1 unspecified atom stereocenters. The van der Waals surface area contributed by atoms with E-state index in [0.717, 1.165) is 0 Å². The molecule has 0 aliphatic carbocycles. The summed E-state index contributed by atoms with van der Waals surface area (Å²) in [6.45, 7) is 1.24. The summed E-state index contributed by atoms with van der Waals surface area (Å²) >= 11 is 6.37. The number of hydrogen-bond donors (Lipinski definition) is 1. The molecular formula is C11H10Br2FNO. The zero-order valence-corrected chi connectivity index (χ0v) is 11.8. The lowest BCUT2D eigenvalue weighted by Crippen LogP contribution is -2.26. The lowest BCUT2D eigenvalue weighted by atomic mass is 9.82. The van der Waals surface area contributed by atoms with Crippen LogP contribution in [0.3, 0.4) is 0 Å². The molecule has 0 bridgehead atoms. The molecule has 0 aliphatic rings. The Bertz CT molecular complexity index is 444. The molecule has 0 aliphatic heterocycles. The molecule has 1 atom stereocenters. The van der Waals surface area contributed by atoms with Crippen molar-refractivity contribution in [2.45, 2.75) is 17.7 Å². The van der Waals surface area contributed by atoms with Gasteiger partial charge in [-0.1, -0.05) is 31.9 Å². The van der Waals surface area contributed by atoms with Gasteiger partial charge in [0.15, 0.2) is 0 Å². The van der Waals surface area contributed by atoms with Crippen LogP contribution in [0.5, 0.6) is 0 Å². The van der Waals surface area contributed by atoms with Crippen molar-refractivity contribution in [2.24, 2.45) is 0 Å². The van der Waals surface area contributed by atoms with Crippen LogP contribution in [0.25, 0.3) is 0 Å². The van der Waals surface area contributed by atoms with Crippen molar-refractivity contribution >= 4 is 31.9 Å². The van der Waals surface area contributed by atoms with Crippen molar-refractivity contribution < 1.29 is 9.50 Å². The lowest BCUT2D eigenvalue weighted by Gasteiger charge is -2.22. The van der Waals surface area contributed by atoms with Crippen LogP contribution in [0.1, 0.15) is 18.1 Å². The minimum Gasteiger partial charge on any atom is -0.394 e. The second-order valence-electron chi connectivity index (χ2n) is 3.65. The van der Waals surface area contributed by atoms with Gasteiger partial charge >= 0.3 is 0 Å². The van der Waals surface area contributed by atoms with Crippen molar-refractivity contribution in [2.75, 3.05) is 6.61 Å². The highest BCUT2D eigenvalue weighted by molar-refractivity contribution is 9.10. The van der Waals surface area contributed by atoms with Crippen LogP contribution in [0.15, 0.2) is 16.6 Å². The molecule has 0 aromatic heterocycles. The first-order valence-corrected chi connectivity index (χ1v) is 6.46. The van der Waals surface area contributed by atoms with E-state index in [0.29, 0.717) is 20.9 Å². The molecule has 0 radical (unpaired) electrons. The molecule has 0 heterocycles. The Hall–Kier alpha value is -0.440. The maximum Gasteiger partial charge on any atom is 0.128 e. The SMILES string of the molecule is CC(C#N)(CO)c1cc(Br)cc(F)c1CBr. The van der Waals surface area contributed by atoms with Crippen LogP contribution in [0.4, 0.5) is 4.39 Å². The Morgan fingerprint density at radius 3 is 2.62 bits per heavy atom. The summed E-state index contributed by atoms with van der Waals surface area (Å²) in [6.07, 6.45) is 0. The van der Waals surface area contributed by atoms with E-state index >= 15 is 0 Å². The van der Waals surface area contributed by atoms with E-state index in [2.05, 4.69) is 31.9 Å². The summed E-state index contributed by atoms with van der Waals surface area (Å²) in [4.78, 5) is 0. The van der Waals surface area contributed by atoms with Crippen LogP contribution in [0.2, 0.25) is 0 Å². The number of rotatable bonds is 3. The third kappa shape index (κ3) is 2.45.